The van der Waals surface area contributed by atoms with E-state index >= 15 is 0 Å². The number of aryl methyl sites for hydroxylation is 4. The average Bonchev–Trinajstić information content (AvgIpc) is 3.77. The van der Waals surface area contributed by atoms with Crippen molar-refractivity contribution in [2.45, 2.75) is 40.0 Å². The van der Waals surface area contributed by atoms with Gasteiger partial charge in [-0.2, -0.15) is 0 Å². The van der Waals surface area contributed by atoms with Crippen molar-refractivity contribution in [2.75, 3.05) is 7.05 Å². The number of aromatic amines is 1. The highest BCUT2D eigenvalue weighted by molar-refractivity contribution is 6.22. The summed E-state index contributed by atoms with van der Waals surface area (Å²) in [7, 11) is 2.06. The minimum absolute atomic E-state index is 0.301. The van der Waals surface area contributed by atoms with E-state index < -0.39 is 6.17 Å². The summed E-state index contributed by atoms with van der Waals surface area (Å²) < 4.78 is 0. The molecule has 9 rings (SSSR count). The van der Waals surface area contributed by atoms with Crippen LogP contribution in [0.1, 0.15) is 68.0 Å². The second kappa shape index (κ2) is 9.25. The van der Waals surface area contributed by atoms with Crippen molar-refractivity contribution in [3.63, 3.8) is 0 Å². The first-order chi connectivity index (χ1) is 21.8. The molecule has 0 amide bonds. The molecule has 4 aliphatic heterocycles. The van der Waals surface area contributed by atoms with Gasteiger partial charge in [-0.3, -0.25) is 0 Å². The number of fused-ring (bicyclic) bond motifs is 17. The Kier molecular flexibility index (Phi) is 5.33. The number of amidine groups is 4. The topological polar surface area (TPSA) is 93.2 Å². The molecular weight excluding hydrogens is 556 g/mol. The Balaban J connectivity index is 1.38. The highest BCUT2D eigenvalue weighted by Crippen LogP contribution is 2.38. The lowest BCUT2D eigenvalue weighted by molar-refractivity contribution is 0.395. The molecule has 1 N–H and O–H groups in total. The van der Waals surface area contributed by atoms with Crippen molar-refractivity contribution in [3.8, 4) is 0 Å². The molecule has 2 atom stereocenters. The quantitative estimate of drug-likeness (QED) is 0.247. The molecule has 218 valence electrons. The predicted molar refractivity (Wildman–Crippen MR) is 178 cm³/mol. The fourth-order valence-electron chi connectivity index (χ4n) is 6.80. The fourth-order valence-corrected chi connectivity index (χ4v) is 6.80. The Bertz CT molecular complexity index is 2400. The molecule has 1 aromatic heterocycles. The molecule has 5 heterocycles. The molecule has 8 nitrogen and oxygen atoms in total. The van der Waals surface area contributed by atoms with Crippen molar-refractivity contribution in [3.05, 3.63) is 139 Å². The smallest absolute Gasteiger partial charge is 0.170 e. The summed E-state index contributed by atoms with van der Waals surface area (Å²) >= 11 is 0. The van der Waals surface area contributed by atoms with Crippen LogP contribution in [0.2, 0.25) is 0 Å². The van der Waals surface area contributed by atoms with Gasteiger partial charge in [0.1, 0.15) is 16.8 Å². The summed E-state index contributed by atoms with van der Waals surface area (Å²) in [4.78, 5) is 36.8. The summed E-state index contributed by atoms with van der Waals surface area (Å²) in [5.41, 5.74) is 12.4. The Morgan fingerprint density at radius 1 is 0.556 bits per heavy atom. The van der Waals surface area contributed by atoms with Crippen LogP contribution in [0.4, 0.5) is 0 Å². The fraction of sp³-hybridized carbons (Fsp3) is 0.189. The lowest BCUT2D eigenvalue weighted by Crippen LogP contribution is -2.29. The first-order valence-electron chi connectivity index (χ1n) is 15.3. The van der Waals surface area contributed by atoms with Gasteiger partial charge in [-0.05, 0) is 62.1 Å². The van der Waals surface area contributed by atoms with E-state index in [1.165, 1.54) is 22.3 Å². The molecule has 4 aliphatic rings. The van der Waals surface area contributed by atoms with Crippen molar-refractivity contribution in [2.24, 2.45) is 30.0 Å². The van der Waals surface area contributed by atoms with Crippen LogP contribution in [0.5, 0.6) is 0 Å². The highest BCUT2D eigenvalue weighted by Gasteiger charge is 2.35. The molecule has 0 saturated carbocycles. The number of hydrogen-bond acceptors (Lipinski definition) is 7. The normalized spacial score (nSPS) is 19.2. The number of H-pyrrole nitrogens is 1. The van der Waals surface area contributed by atoms with Crippen molar-refractivity contribution in [1.29, 1.82) is 0 Å². The van der Waals surface area contributed by atoms with E-state index in [9.17, 15) is 0 Å². The highest BCUT2D eigenvalue weighted by atomic mass is 15.3. The standard InChI is InChI=1S/C37H30N8/c1-18-14-26-27(15-19(18)2)34-41-32-24-12-8-9-13-25(24)36(43-32)45(5)37-29-17-21(4)20(3)16-28(29)35(44-37)40-31-23-11-7-6-10-22(23)30(38-31)39-33(26)42-34/h6-17,34,37H,1-5H3,(H,38,39,40,42,44). The first-order valence-corrected chi connectivity index (χ1v) is 15.3. The molecule has 4 aromatic carbocycles. The molecule has 5 aromatic rings. The number of hydrogen-bond donors (Lipinski definition) is 1. The van der Waals surface area contributed by atoms with Crippen molar-refractivity contribution in [1.82, 2.24) is 9.88 Å². The van der Waals surface area contributed by atoms with Crippen LogP contribution in [0, 0.1) is 27.7 Å². The molecule has 8 heteroatoms. The second-order valence-electron chi connectivity index (χ2n) is 12.3. The van der Waals surface area contributed by atoms with Crippen LogP contribution in [-0.4, -0.2) is 40.3 Å². The van der Waals surface area contributed by atoms with E-state index in [0.717, 1.165) is 55.5 Å². The van der Waals surface area contributed by atoms with Gasteiger partial charge in [-0.1, -0.05) is 60.7 Å². The van der Waals surface area contributed by atoms with E-state index in [0.29, 0.717) is 23.0 Å². The number of nitrogens with zero attached hydrogens (tertiary/aromatic N) is 7. The minimum atomic E-state index is -0.463. The first kappa shape index (κ1) is 25.9. The van der Waals surface area contributed by atoms with Gasteiger partial charge in [0.25, 0.3) is 0 Å². The number of nitrogens with one attached hydrogen (secondary N) is 1. The van der Waals surface area contributed by atoms with Crippen LogP contribution in [0.15, 0.2) is 103 Å². The average molecular weight is 587 g/mol. The molecule has 2 unspecified atom stereocenters. The molecule has 0 aliphatic carbocycles. The molecular formula is C37H30N8. The SMILES string of the molecule is Cc1cc2c(cc1C)C1N=C3N=C(c4ccccc43)N(C)C3N=C(N=c4[nH]c(c5ccccc45)=NC2=N1)c1cc(C)c(C)cc13. The summed E-state index contributed by atoms with van der Waals surface area (Å²) in [6.07, 6.45) is -0.764. The Hall–Kier alpha value is -5.50. The maximum Gasteiger partial charge on any atom is 0.170 e. The van der Waals surface area contributed by atoms with E-state index in [2.05, 4.69) is 93.2 Å². The van der Waals surface area contributed by atoms with Gasteiger partial charge in [-0.15, -0.1) is 0 Å². The molecule has 0 fully saturated rings. The second-order valence-corrected chi connectivity index (χ2v) is 12.3. The molecule has 0 spiro atoms. The van der Waals surface area contributed by atoms with Crippen LogP contribution in [-0.2, 0) is 0 Å². The Morgan fingerprint density at radius 2 is 1.07 bits per heavy atom. The summed E-state index contributed by atoms with van der Waals surface area (Å²) in [5.74, 6) is 2.83. The van der Waals surface area contributed by atoms with Crippen molar-refractivity contribution >= 4 is 34.1 Å². The van der Waals surface area contributed by atoms with Gasteiger partial charge in [0.15, 0.2) is 29.8 Å². The maximum atomic E-state index is 5.25. The van der Waals surface area contributed by atoms with Gasteiger partial charge in [0, 0.05) is 51.2 Å². The van der Waals surface area contributed by atoms with Crippen molar-refractivity contribution < 1.29 is 0 Å². The molecule has 0 radical (unpaired) electrons. The third-order valence-corrected chi connectivity index (χ3v) is 9.53. The molecule has 45 heavy (non-hydrogen) atoms. The van der Waals surface area contributed by atoms with Gasteiger partial charge >= 0.3 is 0 Å². The van der Waals surface area contributed by atoms with Gasteiger partial charge < -0.3 is 9.88 Å². The van der Waals surface area contributed by atoms with E-state index in [4.69, 9.17) is 30.0 Å². The summed E-state index contributed by atoms with van der Waals surface area (Å²) in [6, 6.07) is 25.3. The lowest BCUT2D eigenvalue weighted by Gasteiger charge is -2.25. The minimum Gasteiger partial charge on any atom is -0.333 e. The van der Waals surface area contributed by atoms with E-state index in [1.54, 1.807) is 0 Å². The maximum absolute atomic E-state index is 5.25. The Labute approximate surface area is 260 Å². The van der Waals surface area contributed by atoms with Crippen LogP contribution in [0.3, 0.4) is 0 Å². The van der Waals surface area contributed by atoms with Gasteiger partial charge in [-0.25, -0.2) is 30.0 Å². The number of aromatic nitrogens is 1. The lowest BCUT2D eigenvalue weighted by atomic mass is 9.98. The summed E-state index contributed by atoms with van der Waals surface area (Å²) in [5, 5.41) is 1.97. The van der Waals surface area contributed by atoms with E-state index in [1.807, 2.05) is 24.3 Å². The third kappa shape index (κ3) is 3.78. The number of rotatable bonds is 0. The summed E-state index contributed by atoms with van der Waals surface area (Å²) in [6.45, 7) is 8.54. The van der Waals surface area contributed by atoms with Crippen LogP contribution >= 0.6 is 0 Å². The molecule has 0 saturated heterocycles. The van der Waals surface area contributed by atoms with Gasteiger partial charge in [0.2, 0.25) is 0 Å². The predicted octanol–water partition coefficient (Wildman–Crippen LogP) is 5.71. The zero-order valence-corrected chi connectivity index (χ0v) is 25.7. The number of benzene rings is 4. The van der Waals surface area contributed by atoms with Crippen LogP contribution in [0.25, 0.3) is 10.8 Å². The zero-order chi connectivity index (χ0) is 30.6. The van der Waals surface area contributed by atoms with Crippen LogP contribution < -0.4 is 11.0 Å². The Morgan fingerprint density at radius 3 is 1.73 bits per heavy atom. The number of aliphatic imine (C=N–C) groups is 4. The van der Waals surface area contributed by atoms with E-state index in [-0.39, 0.29) is 6.17 Å². The van der Waals surface area contributed by atoms with Gasteiger partial charge in [0.05, 0.1) is 0 Å². The largest absolute Gasteiger partial charge is 0.333 e. The monoisotopic (exact) mass is 586 g/mol. The zero-order valence-electron chi connectivity index (χ0n) is 25.7. The third-order valence-electron chi connectivity index (χ3n) is 9.53. The molecule has 8 bridgehead atoms.